The molecule has 0 radical (unpaired) electrons. The van der Waals surface area contributed by atoms with Crippen molar-refractivity contribution in [2.45, 2.75) is 31.8 Å². The van der Waals surface area contributed by atoms with Crippen molar-refractivity contribution in [2.75, 3.05) is 19.8 Å². The molecule has 7 heteroatoms. The first-order chi connectivity index (χ1) is 7.89. The Labute approximate surface area is 97.0 Å². The second kappa shape index (κ2) is 5.90. The van der Waals surface area contributed by atoms with E-state index in [0.717, 1.165) is 12.8 Å². The highest BCUT2D eigenvalue weighted by Gasteiger charge is 2.34. The Morgan fingerprint density at radius 2 is 2.12 bits per heavy atom. The maximum Gasteiger partial charge on any atom is 0.377 e. The van der Waals surface area contributed by atoms with E-state index in [1.54, 1.807) is 0 Å². The zero-order valence-corrected chi connectivity index (χ0v) is 9.41. The van der Waals surface area contributed by atoms with E-state index in [9.17, 15) is 18.4 Å². The molecular formula is C10H14F2O5. The van der Waals surface area contributed by atoms with Crippen LogP contribution in [0.25, 0.3) is 0 Å². The minimum absolute atomic E-state index is 0.0545. The van der Waals surface area contributed by atoms with Crippen LogP contribution < -0.4 is 0 Å². The lowest BCUT2D eigenvalue weighted by Crippen LogP contribution is -2.30. The van der Waals surface area contributed by atoms with Crippen LogP contribution in [0.3, 0.4) is 0 Å². The van der Waals surface area contributed by atoms with Crippen LogP contribution >= 0.6 is 0 Å². The normalized spacial score (nSPS) is 20.1. The van der Waals surface area contributed by atoms with Crippen molar-refractivity contribution in [1.82, 2.24) is 0 Å². The molecular weight excluding hydrogens is 238 g/mol. The van der Waals surface area contributed by atoms with Gasteiger partial charge in [-0.25, -0.2) is 9.59 Å². The average Bonchev–Trinajstić information content (AvgIpc) is 2.74. The summed E-state index contributed by atoms with van der Waals surface area (Å²) in [7, 11) is 0. The molecule has 98 valence electrons. The second-order valence-electron chi connectivity index (χ2n) is 3.78. The van der Waals surface area contributed by atoms with E-state index in [4.69, 9.17) is 9.47 Å². The van der Waals surface area contributed by atoms with Gasteiger partial charge in [0.15, 0.2) is 6.61 Å². The maximum absolute atomic E-state index is 12.4. The van der Waals surface area contributed by atoms with Crippen LogP contribution in [0.15, 0.2) is 0 Å². The van der Waals surface area contributed by atoms with Crippen LogP contribution in [0.1, 0.15) is 19.8 Å². The smallest absolute Gasteiger partial charge is 0.377 e. The van der Waals surface area contributed by atoms with Crippen molar-refractivity contribution < 1.29 is 32.6 Å². The van der Waals surface area contributed by atoms with Crippen molar-refractivity contribution >= 4 is 11.9 Å². The molecule has 0 N–H and O–H groups in total. The summed E-state index contributed by atoms with van der Waals surface area (Å²) in [6.45, 7) is 0.264. The molecule has 0 amide bonds. The zero-order valence-electron chi connectivity index (χ0n) is 9.41. The molecule has 0 aliphatic carbocycles. The lowest BCUT2D eigenvalue weighted by molar-refractivity contribution is -0.176. The van der Waals surface area contributed by atoms with Gasteiger partial charge in [0.1, 0.15) is 6.61 Å². The molecule has 17 heavy (non-hydrogen) atoms. The lowest BCUT2D eigenvalue weighted by Gasteiger charge is -2.11. The van der Waals surface area contributed by atoms with Crippen LogP contribution in [0.4, 0.5) is 8.78 Å². The number of rotatable bonds is 5. The first kappa shape index (κ1) is 13.8. The summed E-state index contributed by atoms with van der Waals surface area (Å²) in [4.78, 5) is 21.7. The van der Waals surface area contributed by atoms with Gasteiger partial charge < -0.3 is 14.2 Å². The van der Waals surface area contributed by atoms with E-state index in [2.05, 4.69) is 4.74 Å². The number of hydrogen-bond acceptors (Lipinski definition) is 5. The fraction of sp³-hybridized carbons (Fsp3) is 0.800. The number of carbonyl (C=O) groups is 2. The molecule has 1 heterocycles. The van der Waals surface area contributed by atoms with E-state index in [0.29, 0.717) is 13.5 Å². The van der Waals surface area contributed by atoms with E-state index < -0.39 is 24.5 Å². The van der Waals surface area contributed by atoms with E-state index >= 15 is 0 Å². The highest BCUT2D eigenvalue weighted by atomic mass is 19.3. The van der Waals surface area contributed by atoms with Gasteiger partial charge in [0.05, 0.1) is 6.10 Å². The standard InChI is InChI=1S/C10H14F2O5/c1-10(11,12)9(14)17-6-8(13)16-5-7-3-2-4-15-7/h7H,2-6H2,1H3. The molecule has 1 unspecified atom stereocenters. The summed E-state index contributed by atoms with van der Waals surface area (Å²) in [5.74, 6) is -6.21. The topological polar surface area (TPSA) is 61.8 Å². The Hall–Kier alpha value is -1.24. The highest BCUT2D eigenvalue weighted by molar-refractivity contribution is 5.80. The molecule has 1 saturated heterocycles. The molecule has 1 aliphatic rings. The molecule has 0 aromatic heterocycles. The van der Waals surface area contributed by atoms with Gasteiger partial charge in [-0.15, -0.1) is 0 Å². The number of halogens is 2. The van der Waals surface area contributed by atoms with Gasteiger partial charge in [-0.05, 0) is 12.8 Å². The van der Waals surface area contributed by atoms with Crippen LogP contribution in [0.2, 0.25) is 0 Å². The van der Waals surface area contributed by atoms with Crippen molar-refractivity contribution in [1.29, 1.82) is 0 Å². The van der Waals surface area contributed by atoms with Crippen molar-refractivity contribution in [3.63, 3.8) is 0 Å². The van der Waals surface area contributed by atoms with E-state index in [1.807, 2.05) is 0 Å². The molecule has 0 spiro atoms. The van der Waals surface area contributed by atoms with Crippen molar-refractivity contribution in [3.05, 3.63) is 0 Å². The van der Waals surface area contributed by atoms with Gasteiger partial charge in [0, 0.05) is 13.5 Å². The molecule has 1 fully saturated rings. The monoisotopic (exact) mass is 252 g/mol. The minimum atomic E-state index is -3.60. The number of alkyl halides is 2. The molecule has 0 aromatic rings. The van der Waals surface area contributed by atoms with Gasteiger partial charge >= 0.3 is 17.9 Å². The molecule has 1 rings (SSSR count). The Morgan fingerprint density at radius 3 is 2.65 bits per heavy atom. The van der Waals surface area contributed by atoms with Gasteiger partial charge in [0.25, 0.3) is 0 Å². The van der Waals surface area contributed by atoms with Crippen LogP contribution in [0, 0.1) is 0 Å². The first-order valence-corrected chi connectivity index (χ1v) is 5.22. The predicted octanol–water partition coefficient (Wildman–Crippen LogP) is 0.907. The summed E-state index contributed by atoms with van der Waals surface area (Å²) in [5.41, 5.74) is 0. The van der Waals surface area contributed by atoms with Gasteiger partial charge in [-0.2, -0.15) is 8.78 Å². The fourth-order valence-corrected chi connectivity index (χ4v) is 1.25. The summed E-state index contributed by atoms with van der Waals surface area (Å²) in [5, 5.41) is 0. The van der Waals surface area contributed by atoms with Gasteiger partial charge in [-0.1, -0.05) is 0 Å². The van der Waals surface area contributed by atoms with E-state index in [-0.39, 0.29) is 12.7 Å². The Kier molecular flexibility index (Phi) is 4.80. The first-order valence-electron chi connectivity index (χ1n) is 5.22. The van der Waals surface area contributed by atoms with Gasteiger partial charge in [0.2, 0.25) is 0 Å². The molecule has 0 bridgehead atoms. The quantitative estimate of drug-likeness (QED) is 0.680. The Morgan fingerprint density at radius 1 is 1.41 bits per heavy atom. The number of ether oxygens (including phenoxy) is 3. The van der Waals surface area contributed by atoms with E-state index in [1.165, 1.54) is 0 Å². The van der Waals surface area contributed by atoms with Crippen LogP contribution in [0.5, 0.6) is 0 Å². The molecule has 1 aliphatic heterocycles. The maximum atomic E-state index is 12.4. The number of carbonyl (C=O) groups excluding carboxylic acids is 2. The Balaban J connectivity index is 2.14. The second-order valence-corrected chi connectivity index (χ2v) is 3.78. The van der Waals surface area contributed by atoms with Gasteiger partial charge in [-0.3, -0.25) is 0 Å². The molecule has 0 saturated carbocycles. The highest BCUT2D eigenvalue weighted by Crippen LogP contribution is 2.14. The third kappa shape index (κ3) is 5.08. The average molecular weight is 252 g/mol. The summed E-state index contributed by atoms with van der Waals surface area (Å²) in [6.07, 6.45) is 1.54. The SMILES string of the molecule is CC(F)(F)C(=O)OCC(=O)OCC1CCCO1. The Bertz CT molecular complexity index is 281. The molecule has 0 aromatic carbocycles. The molecule has 1 atom stereocenters. The summed E-state index contributed by atoms with van der Waals surface area (Å²) < 4.78 is 38.7. The minimum Gasteiger partial charge on any atom is -0.460 e. The number of hydrogen-bond donors (Lipinski definition) is 0. The lowest BCUT2D eigenvalue weighted by atomic mass is 10.2. The third-order valence-corrected chi connectivity index (χ3v) is 2.13. The third-order valence-electron chi connectivity index (χ3n) is 2.13. The van der Waals surface area contributed by atoms with Crippen LogP contribution in [-0.4, -0.2) is 43.8 Å². The molecule has 5 nitrogen and oxygen atoms in total. The fourth-order valence-electron chi connectivity index (χ4n) is 1.25. The summed E-state index contributed by atoms with van der Waals surface area (Å²) >= 11 is 0. The summed E-state index contributed by atoms with van der Waals surface area (Å²) in [6, 6.07) is 0. The predicted molar refractivity (Wildman–Crippen MR) is 51.5 cm³/mol. The van der Waals surface area contributed by atoms with Crippen LogP contribution in [-0.2, 0) is 23.8 Å². The zero-order chi connectivity index (χ0) is 12.9. The largest absolute Gasteiger partial charge is 0.460 e. The van der Waals surface area contributed by atoms with Crippen molar-refractivity contribution in [3.8, 4) is 0 Å². The van der Waals surface area contributed by atoms with Crippen molar-refractivity contribution in [2.24, 2.45) is 0 Å². The number of esters is 2.